The number of carbonyl (C=O) groups excluding carboxylic acids is 2. The fourth-order valence-electron chi connectivity index (χ4n) is 3.32. The number of fused-ring (bicyclic) bond motifs is 1. The second-order valence-electron chi connectivity index (χ2n) is 8.39. The smallest absolute Gasteiger partial charge is 0.342 e. The van der Waals surface area contributed by atoms with Gasteiger partial charge in [0.25, 0.3) is 5.91 Å². The predicted octanol–water partition coefficient (Wildman–Crippen LogP) is 1.37. The van der Waals surface area contributed by atoms with Crippen LogP contribution >= 0.6 is 0 Å². The molecule has 0 bridgehead atoms. The number of rotatable bonds is 3. The van der Waals surface area contributed by atoms with Crippen LogP contribution < -0.4 is 15.0 Å². The zero-order chi connectivity index (χ0) is 24.3. The van der Waals surface area contributed by atoms with E-state index >= 15 is 0 Å². The maximum Gasteiger partial charge on any atom is 0.342 e. The van der Waals surface area contributed by atoms with E-state index in [1.54, 1.807) is 63.8 Å². The molecule has 0 spiro atoms. The molecule has 174 valence electrons. The molecule has 2 N–H and O–H groups in total. The molecule has 10 nitrogen and oxygen atoms in total. The number of aromatic nitrogens is 4. The summed E-state index contributed by atoms with van der Waals surface area (Å²) in [6.45, 7) is 3.14. The SMILES string of the molecule is CN1C(=O)[C@@H](NC(=O)n2cc(Cc3cccnn3)cn2)COc2ccc(C#CC(C)(C)O)cc21. The van der Waals surface area contributed by atoms with E-state index in [2.05, 4.69) is 32.5 Å². The van der Waals surface area contributed by atoms with Crippen LogP contribution in [0.25, 0.3) is 0 Å². The molecule has 0 saturated heterocycles. The molecular formula is C24H24N6O4. The lowest BCUT2D eigenvalue weighted by Gasteiger charge is -2.20. The molecule has 0 saturated carbocycles. The van der Waals surface area contributed by atoms with Crippen LogP contribution in [0.15, 0.2) is 48.9 Å². The third-order valence-electron chi connectivity index (χ3n) is 5.02. The summed E-state index contributed by atoms with van der Waals surface area (Å²) < 4.78 is 6.94. The zero-order valence-corrected chi connectivity index (χ0v) is 19.0. The highest BCUT2D eigenvalue weighted by Gasteiger charge is 2.31. The van der Waals surface area contributed by atoms with E-state index in [1.165, 1.54) is 4.90 Å². The standard InChI is InChI=1S/C24H24N6O4/c1-24(2,33)9-8-16-6-7-21-20(12-16)29(3)22(31)19(15-34-21)27-23(32)30-14-17(13-26-30)11-18-5-4-10-25-28-18/h4-7,10,12-14,19,33H,11,15H2,1-3H3,(H,27,32)/t19-/m0/s1. The van der Waals surface area contributed by atoms with Crippen LogP contribution in [-0.4, -0.2) is 62.3 Å². The molecular weight excluding hydrogens is 436 g/mol. The van der Waals surface area contributed by atoms with Crippen molar-refractivity contribution in [1.82, 2.24) is 25.3 Å². The molecule has 3 heterocycles. The molecule has 3 aromatic rings. The highest BCUT2D eigenvalue weighted by Crippen LogP contribution is 2.31. The number of likely N-dealkylation sites (N-methyl/N-ethyl adjacent to an activating group) is 1. The molecule has 34 heavy (non-hydrogen) atoms. The third-order valence-corrected chi connectivity index (χ3v) is 5.02. The number of anilines is 1. The van der Waals surface area contributed by atoms with E-state index in [1.807, 2.05) is 6.07 Å². The van der Waals surface area contributed by atoms with Crippen molar-refractivity contribution >= 4 is 17.6 Å². The van der Waals surface area contributed by atoms with Gasteiger partial charge in [-0.05, 0) is 49.7 Å². The minimum atomic E-state index is -1.14. The fraction of sp³-hybridized carbons (Fsp3) is 0.292. The number of ether oxygens (including phenoxy) is 1. The number of hydrogen-bond donors (Lipinski definition) is 2. The van der Waals surface area contributed by atoms with Crippen molar-refractivity contribution in [2.24, 2.45) is 0 Å². The number of benzene rings is 1. The van der Waals surface area contributed by atoms with Gasteiger partial charge in [0.1, 0.15) is 24.0 Å². The van der Waals surface area contributed by atoms with Crippen LogP contribution in [0.2, 0.25) is 0 Å². The predicted molar refractivity (Wildman–Crippen MR) is 123 cm³/mol. The van der Waals surface area contributed by atoms with Gasteiger partial charge in [-0.1, -0.05) is 11.8 Å². The van der Waals surface area contributed by atoms with Gasteiger partial charge >= 0.3 is 6.03 Å². The second-order valence-corrected chi connectivity index (χ2v) is 8.39. The van der Waals surface area contributed by atoms with Crippen molar-refractivity contribution in [2.45, 2.75) is 31.9 Å². The molecule has 4 rings (SSSR count). The Morgan fingerprint density at radius 1 is 1.35 bits per heavy atom. The maximum absolute atomic E-state index is 13.1. The van der Waals surface area contributed by atoms with Crippen LogP contribution in [0.5, 0.6) is 5.75 Å². The number of carbonyl (C=O) groups is 2. The summed E-state index contributed by atoms with van der Waals surface area (Å²) in [6, 6.07) is 7.33. The van der Waals surface area contributed by atoms with Gasteiger partial charge in [-0.2, -0.15) is 20.0 Å². The molecule has 10 heteroatoms. The topological polar surface area (TPSA) is 122 Å². The Bertz CT molecular complexity index is 1270. The van der Waals surface area contributed by atoms with Crippen molar-refractivity contribution in [3.8, 4) is 17.6 Å². The highest BCUT2D eigenvalue weighted by molar-refractivity contribution is 6.00. The van der Waals surface area contributed by atoms with Gasteiger partial charge in [-0.25, -0.2) is 4.79 Å². The fourth-order valence-corrected chi connectivity index (χ4v) is 3.32. The quantitative estimate of drug-likeness (QED) is 0.566. The molecule has 2 aromatic heterocycles. The van der Waals surface area contributed by atoms with E-state index in [0.29, 0.717) is 23.4 Å². The minimum Gasteiger partial charge on any atom is -0.489 e. The average molecular weight is 460 g/mol. The lowest BCUT2D eigenvalue weighted by molar-refractivity contribution is -0.120. The van der Waals surface area contributed by atoms with Gasteiger partial charge in [-0.3, -0.25) is 4.79 Å². The Labute approximate surface area is 196 Å². The molecule has 0 aliphatic carbocycles. The van der Waals surface area contributed by atoms with E-state index in [-0.39, 0.29) is 12.5 Å². The molecule has 2 amide bonds. The largest absolute Gasteiger partial charge is 0.489 e. The zero-order valence-electron chi connectivity index (χ0n) is 19.0. The van der Waals surface area contributed by atoms with Crippen molar-refractivity contribution in [2.75, 3.05) is 18.6 Å². The number of nitrogens with zero attached hydrogens (tertiary/aromatic N) is 5. The van der Waals surface area contributed by atoms with Crippen LogP contribution in [0.3, 0.4) is 0 Å². The van der Waals surface area contributed by atoms with Crippen LogP contribution in [-0.2, 0) is 11.2 Å². The first kappa shape index (κ1) is 22.9. The summed E-state index contributed by atoms with van der Waals surface area (Å²) in [5, 5.41) is 24.5. The molecule has 1 aliphatic rings. The Morgan fingerprint density at radius 3 is 2.91 bits per heavy atom. The molecule has 0 unspecified atom stereocenters. The maximum atomic E-state index is 13.1. The number of aliphatic hydroxyl groups is 1. The second kappa shape index (κ2) is 9.33. The summed E-state index contributed by atoms with van der Waals surface area (Å²) >= 11 is 0. The summed E-state index contributed by atoms with van der Waals surface area (Å²) in [4.78, 5) is 27.2. The van der Waals surface area contributed by atoms with Crippen molar-refractivity contribution in [1.29, 1.82) is 0 Å². The lowest BCUT2D eigenvalue weighted by Crippen LogP contribution is -2.50. The lowest BCUT2D eigenvalue weighted by atomic mass is 10.1. The molecule has 1 atom stereocenters. The first-order valence-electron chi connectivity index (χ1n) is 10.6. The van der Waals surface area contributed by atoms with Gasteiger partial charge in [0.2, 0.25) is 0 Å². The van der Waals surface area contributed by atoms with Crippen molar-refractivity contribution < 1.29 is 19.4 Å². The average Bonchev–Trinajstić information content (AvgIpc) is 3.24. The normalized spacial score (nSPS) is 15.5. The first-order chi connectivity index (χ1) is 16.2. The van der Waals surface area contributed by atoms with Gasteiger partial charge in [-0.15, -0.1) is 0 Å². The van der Waals surface area contributed by atoms with Crippen LogP contribution in [0.1, 0.15) is 30.7 Å². The summed E-state index contributed by atoms with van der Waals surface area (Å²) in [5.41, 5.74) is 1.54. The summed E-state index contributed by atoms with van der Waals surface area (Å²) in [6.07, 6.45) is 5.21. The summed E-state index contributed by atoms with van der Waals surface area (Å²) in [7, 11) is 1.61. The van der Waals surface area contributed by atoms with Gasteiger partial charge in [0.05, 0.1) is 17.6 Å². The molecule has 0 fully saturated rings. The third kappa shape index (κ3) is 5.39. The van der Waals surface area contributed by atoms with Crippen molar-refractivity contribution in [3.63, 3.8) is 0 Å². The molecule has 1 aromatic carbocycles. The number of hydrogen-bond acceptors (Lipinski definition) is 7. The van der Waals surface area contributed by atoms with E-state index in [4.69, 9.17) is 4.74 Å². The van der Waals surface area contributed by atoms with Crippen molar-refractivity contribution in [3.05, 3.63) is 65.7 Å². The van der Waals surface area contributed by atoms with Gasteiger partial charge in [0, 0.05) is 31.4 Å². The Morgan fingerprint density at radius 2 is 2.18 bits per heavy atom. The highest BCUT2D eigenvalue weighted by atomic mass is 16.5. The molecule has 1 aliphatic heterocycles. The minimum absolute atomic E-state index is 0.0374. The van der Waals surface area contributed by atoms with E-state index in [0.717, 1.165) is 15.9 Å². The monoisotopic (exact) mass is 460 g/mol. The Balaban J connectivity index is 1.46. The van der Waals surface area contributed by atoms with Gasteiger partial charge < -0.3 is 20.1 Å². The number of nitrogens with one attached hydrogen (secondary N) is 1. The van der Waals surface area contributed by atoms with Gasteiger partial charge in [0.15, 0.2) is 0 Å². The Hall–Kier alpha value is -4.23. The van der Waals surface area contributed by atoms with Crippen LogP contribution in [0, 0.1) is 11.8 Å². The number of amides is 2. The van der Waals surface area contributed by atoms with E-state index in [9.17, 15) is 14.7 Å². The van der Waals surface area contributed by atoms with Crippen LogP contribution in [0.4, 0.5) is 10.5 Å². The molecule has 0 radical (unpaired) electrons. The first-order valence-corrected chi connectivity index (χ1v) is 10.6. The Kier molecular flexibility index (Phi) is 6.30. The van der Waals surface area contributed by atoms with E-state index < -0.39 is 17.7 Å². The summed E-state index contributed by atoms with van der Waals surface area (Å²) in [5.74, 6) is 5.79.